The first-order chi connectivity index (χ1) is 8.58. The highest BCUT2D eigenvalue weighted by atomic mass is 16.5. The molecule has 0 amide bonds. The van der Waals surface area contributed by atoms with Crippen molar-refractivity contribution in [2.24, 2.45) is 11.7 Å². The SMILES string of the molecule is CC(C)Cc1ccc(C2(C(N)CO)COC2)cc1. The van der Waals surface area contributed by atoms with Gasteiger partial charge in [-0.15, -0.1) is 0 Å². The van der Waals surface area contributed by atoms with E-state index in [1.165, 1.54) is 11.1 Å². The molecule has 0 saturated carbocycles. The number of aliphatic hydroxyl groups is 1. The van der Waals surface area contributed by atoms with Crippen molar-refractivity contribution in [1.82, 2.24) is 0 Å². The summed E-state index contributed by atoms with van der Waals surface area (Å²) in [6, 6.07) is 8.35. The summed E-state index contributed by atoms with van der Waals surface area (Å²) in [6.07, 6.45) is 1.09. The minimum Gasteiger partial charge on any atom is -0.395 e. The molecule has 0 aromatic heterocycles. The lowest BCUT2D eigenvalue weighted by molar-refractivity contribution is -0.0798. The van der Waals surface area contributed by atoms with Crippen molar-refractivity contribution >= 4 is 0 Å². The lowest BCUT2D eigenvalue weighted by Crippen LogP contribution is -2.60. The first-order valence-corrected chi connectivity index (χ1v) is 6.62. The molecule has 100 valence electrons. The van der Waals surface area contributed by atoms with E-state index in [9.17, 15) is 5.11 Å². The topological polar surface area (TPSA) is 55.5 Å². The van der Waals surface area contributed by atoms with E-state index >= 15 is 0 Å². The Bertz CT molecular complexity index is 382. The van der Waals surface area contributed by atoms with Crippen molar-refractivity contribution in [2.45, 2.75) is 31.7 Å². The zero-order valence-corrected chi connectivity index (χ0v) is 11.2. The molecule has 0 bridgehead atoms. The molecule has 1 aliphatic heterocycles. The Morgan fingerprint density at radius 3 is 2.28 bits per heavy atom. The average Bonchev–Trinajstić information content (AvgIpc) is 2.29. The molecule has 2 rings (SSSR count). The van der Waals surface area contributed by atoms with E-state index in [0.29, 0.717) is 19.1 Å². The third-order valence-electron chi connectivity index (χ3n) is 3.80. The minimum atomic E-state index is -0.248. The molecule has 0 spiro atoms. The van der Waals surface area contributed by atoms with Crippen molar-refractivity contribution in [3.63, 3.8) is 0 Å². The van der Waals surface area contributed by atoms with Gasteiger partial charge < -0.3 is 15.6 Å². The van der Waals surface area contributed by atoms with Crippen molar-refractivity contribution in [3.05, 3.63) is 35.4 Å². The Labute approximate surface area is 109 Å². The first kappa shape index (κ1) is 13.5. The van der Waals surface area contributed by atoms with Crippen molar-refractivity contribution in [1.29, 1.82) is 0 Å². The fourth-order valence-corrected chi connectivity index (χ4v) is 2.54. The lowest BCUT2D eigenvalue weighted by Gasteiger charge is -2.45. The molecule has 0 aliphatic carbocycles. The van der Waals surface area contributed by atoms with Crippen LogP contribution in [0.4, 0.5) is 0 Å². The Morgan fingerprint density at radius 2 is 1.89 bits per heavy atom. The number of ether oxygens (including phenoxy) is 1. The van der Waals surface area contributed by atoms with Gasteiger partial charge in [-0.1, -0.05) is 38.1 Å². The van der Waals surface area contributed by atoms with Gasteiger partial charge in [-0.05, 0) is 23.5 Å². The van der Waals surface area contributed by atoms with Crippen LogP contribution < -0.4 is 5.73 Å². The van der Waals surface area contributed by atoms with Gasteiger partial charge in [0.05, 0.1) is 25.2 Å². The highest BCUT2D eigenvalue weighted by Crippen LogP contribution is 2.35. The van der Waals surface area contributed by atoms with E-state index in [1.807, 2.05) is 0 Å². The summed E-state index contributed by atoms with van der Waals surface area (Å²) in [5.41, 5.74) is 8.38. The van der Waals surface area contributed by atoms with Gasteiger partial charge in [0.2, 0.25) is 0 Å². The fraction of sp³-hybridized carbons (Fsp3) is 0.600. The first-order valence-electron chi connectivity index (χ1n) is 6.62. The van der Waals surface area contributed by atoms with E-state index in [1.54, 1.807) is 0 Å². The van der Waals surface area contributed by atoms with Crippen LogP contribution in [0.3, 0.4) is 0 Å². The third-order valence-corrected chi connectivity index (χ3v) is 3.80. The summed E-state index contributed by atoms with van der Waals surface area (Å²) in [4.78, 5) is 0. The van der Waals surface area contributed by atoms with Gasteiger partial charge in [0.25, 0.3) is 0 Å². The average molecular weight is 249 g/mol. The van der Waals surface area contributed by atoms with Gasteiger partial charge in [-0.2, -0.15) is 0 Å². The molecular weight excluding hydrogens is 226 g/mol. The molecule has 18 heavy (non-hydrogen) atoms. The Morgan fingerprint density at radius 1 is 1.28 bits per heavy atom. The van der Waals surface area contributed by atoms with Crippen LogP contribution in [0.2, 0.25) is 0 Å². The summed E-state index contributed by atoms with van der Waals surface area (Å²) in [6.45, 7) is 5.65. The van der Waals surface area contributed by atoms with Gasteiger partial charge in [-0.3, -0.25) is 0 Å². The second-order valence-electron chi connectivity index (χ2n) is 5.73. The molecule has 3 N–H and O–H groups in total. The molecule has 1 fully saturated rings. The molecule has 0 radical (unpaired) electrons. The standard InChI is InChI=1S/C15H23NO2/c1-11(2)7-12-3-5-13(6-4-12)15(9-18-10-15)14(16)8-17/h3-6,11,14,17H,7-10,16H2,1-2H3. The molecule has 1 aliphatic rings. The predicted molar refractivity (Wildman–Crippen MR) is 72.5 cm³/mol. The summed E-state index contributed by atoms with van der Waals surface area (Å²) in [7, 11) is 0. The third kappa shape index (κ3) is 2.44. The van der Waals surface area contributed by atoms with E-state index in [-0.39, 0.29) is 18.1 Å². The number of rotatable bonds is 5. The smallest absolute Gasteiger partial charge is 0.0601 e. The van der Waals surface area contributed by atoms with Crippen LogP contribution in [-0.4, -0.2) is 31.0 Å². The zero-order chi connectivity index (χ0) is 13.2. The van der Waals surface area contributed by atoms with Crippen LogP contribution in [0.25, 0.3) is 0 Å². The van der Waals surface area contributed by atoms with Crippen molar-refractivity contribution in [2.75, 3.05) is 19.8 Å². The van der Waals surface area contributed by atoms with E-state index in [0.717, 1.165) is 6.42 Å². The van der Waals surface area contributed by atoms with Gasteiger partial charge in [0.1, 0.15) is 0 Å². The lowest BCUT2D eigenvalue weighted by atomic mass is 9.73. The summed E-state index contributed by atoms with van der Waals surface area (Å²) in [5, 5.41) is 9.29. The normalized spacial score (nSPS) is 19.6. The monoisotopic (exact) mass is 249 g/mol. The molecule has 3 nitrogen and oxygen atoms in total. The second-order valence-corrected chi connectivity index (χ2v) is 5.73. The van der Waals surface area contributed by atoms with Gasteiger partial charge in [0, 0.05) is 6.04 Å². The molecule has 1 aromatic carbocycles. The number of aliphatic hydroxyl groups excluding tert-OH is 1. The summed E-state index contributed by atoms with van der Waals surface area (Å²) in [5.74, 6) is 0.663. The zero-order valence-electron chi connectivity index (χ0n) is 11.2. The molecule has 1 atom stereocenters. The molecular formula is C15H23NO2. The second kappa shape index (κ2) is 5.39. The van der Waals surface area contributed by atoms with Gasteiger partial charge in [-0.25, -0.2) is 0 Å². The molecule has 1 aromatic rings. The highest BCUT2D eigenvalue weighted by Gasteiger charge is 2.45. The van der Waals surface area contributed by atoms with Crippen LogP contribution in [0.5, 0.6) is 0 Å². The maximum absolute atomic E-state index is 9.29. The van der Waals surface area contributed by atoms with Crippen LogP contribution in [0, 0.1) is 5.92 Å². The Kier molecular flexibility index (Phi) is 4.05. The fourth-order valence-electron chi connectivity index (χ4n) is 2.54. The van der Waals surface area contributed by atoms with Crippen LogP contribution in [-0.2, 0) is 16.6 Å². The molecule has 1 unspecified atom stereocenters. The highest BCUT2D eigenvalue weighted by molar-refractivity contribution is 5.33. The Hall–Kier alpha value is -0.900. The number of benzene rings is 1. The van der Waals surface area contributed by atoms with Gasteiger partial charge in [0.15, 0.2) is 0 Å². The maximum Gasteiger partial charge on any atom is 0.0601 e. The van der Waals surface area contributed by atoms with Crippen LogP contribution in [0.15, 0.2) is 24.3 Å². The van der Waals surface area contributed by atoms with Crippen molar-refractivity contribution < 1.29 is 9.84 Å². The summed E-state index contributed by atoms with van der Waals surface area (Å²) >= 11 is 0. The van der Waals surface area contributed by atoms with E-state index in [2.05, 4.69) is 38.1 Å². The molecule has 1 heterocycles. The van der Waals surface area contributed by atoms with Gasteiger partial charge >= 0.3 is 0 Å². The molecule has 1 saturated heterocycles. The largest absolute Gasteiger partial charge is 0.395 e. The van der Waals surface area contributed by atoms with Crippen LogP contribution in [0.1, 0.15) is 25.0 Å². The number of nitrogens with two attached hydrogens (primary N) is 1. The van der Waals surface area contributed by atoms with E-state index in [4.69, 9.17) is 10.5 Å². The van der Waals surface area contributed by atoms with Crippen LogP contribution >= 0.6 is 0 Å². The minimum absolute atomic E-state index is 0.00287. The number of hydrogen-bond acceptors (Lipinski definition) is 3. The number of hydrogen-bond donors (Lipinski definition) is 2. The maximum atomic E-state index is 9.29. The molecule has 3 heteroatoms. The predicted octanol–water partition coefficient (Wildman–Crippen LogP) is 1.47. The quantitative estimate of drug-likeness (QED) is 0.831. The van der Waals surface area contributed by atoms with E-state index < -0.39 is 0 Å². The summed E-state index contributed by atoms with van der Waals surface area (Å²) < 4.78 is 5.32. The van der Waals surface area contributed by atoms with Crippen molar-refractivity contribution in [3.8, 4) is 0 Å². The Balaban J connectivity index is 2.17.